The number of amides is 3. The molecule has 2 aliphatic heterocycles. The van der Waals surface area contributed by atoms with Crippen molar-refractivity contribution in [2.24, 2.45) is 0 Å². The maximum absolute atomic E-state index is 13.8. The van der Waals surface area contributed by atoms with E-state index in [1.54, 1.807) is 6.08 Å². The zero-order valence-electron chi connectivity index (χ0n) is 28.2. The SMILES string of the molecule is C=CCOC(=O)C/C=C(/C(=O)N[C@@H]1C(=O)N2C(C(=O)OC(c3ccccc3)c3ccccc3)=CCS[C@H]12)c1csc(NC(=O)OCc2ccccc2)n1. The molecule has 0 unspecified atom stereocenters. The van der Waals surface area contributed by atoms with Crippen LogP contribution < -0.4 is 10.6 Å². The summed E-state index contributed by atoms with van der Waals surface area (Å²) in [6.45, 7) is 3.56. The van der Waals surface area contributed by atoms with E-state index in [9.17, 15) is 24.0 Å². The number of aromatic nitrogens is 1. The van der Waals surface area contributed by atoms with Gasteiger partial charge in [-0.15, -0.1) is 23.1 Å². The number of fused-ring (bicyclic) bond motifs is 1. The lowest BCUT2D eigenvalue weighted by atomic mass is 10.0. The van der Waals surface area contributed by atoms with Crippen molar-refractivity contribution in [2.75, 3.05) is 17.7 Å². The summed E-state index contributed by atoms with van der Waals surface area (Å²) in [7, 11) is 0. The van der Waals surface area contributed by atoms with Crippen LogP contribution in [0.2, 0.25) is 0 Å². The number of nitrogens with zero attached hydrogens (tertiary/aromatic N) is 2. The highest BCUT2D eigenvalue weighted by molar-refractivity contribution is 8.00. The molecule has 6 rings (SSSR count). The molecule has 2 N–H and O–H groups in total. The van der Waals surface area contributed by atoms with Gasteiger partial charge in [0.15, 0.2) is 11.2 Å². The summed E-state index contributed by atoms with van der Waals surface area (Å²) >= 11 is 2.42. The van der Waals surface area contributed by atoms with Gasteiger partial charge in [0.05, 0.1) is 17.7 Å². The monoisotopic (exact) mass is 750 g/mol. The Morgan fingerprint density at radius 1 is 0.943 bits per heavy atom. The lowest BCUT2D eigenvalue weighted by Crippen LogP contribution is -2.70. The van der Waals surface area contributed by atoms with Gasteiger partial charge in [0.1, 0.15) is 30.3 Å². The number of hydrogen-bond donors (Lipinski definition) is 2. The Kier molecular flexibility index (Phi) is 12.1. The van der Waals surface area contributed by atoms with Gasteiger partial charge in [-0.3, -0.25) is 24.6 Å². The Morgan fingerprint density at radius 3 is 2.26 bits per heavy atom. The van der Waals surface area contributed by atoms with E-state index in [0.717, 1.165) is 28.0 Å². The average molecular weight is 751 g/mol. The number of benzene rings is 3. The van der Waals surface area contributed by atoms with Gasteiger partial charge < -0.3 is 19.5 Å². The molecular weight excluding hydrogens is 717 g/mol. The highest BCUT2D eigenvalue weighted by atomic mass is 32.2. The van der Waals surface area contributed by atoms with Crippen LogP contribution in [0.4, 0.5) is 9.93 Å². The summed E-state index contributed by atoms with van der Waals surface area (Å²) in [4.78, 5) is 71.5. The zero-order chi connectivity index (χ0) is 37.2. The Morgan fingerprint density at radius 2 is 1.60 bits per heavy atom. The van der Waals surface area contributed by atoms with E-state index in [0.29, 0.717) is 5.75 Å². The van der Waals surface area contributed by atoms with E-state index >= 15 is 0 Å². The van der Waals surface area contributed by atoms with Crippen molar-refractivity contribution < 1.29 is 38.2 Å². The van der Waals surface area contributed by atoms with Crippen molar-refractivity contribution >= 4 is 63.6 Å². The molecule has 0 aliphatic carbocycles. The topological polar surface area (TPSA) is 153 Å². The van der Waals surface area contributed by atoms with E-state index < -0.39 is 47.4 Å². The van der Waals surface area contributed by atoms with Gasteiger partial charge in [-0.25, -0.2) is 14.6 Å². The van der Waals surface area contributed by atoms with Crippen LogP contribution in [0, 0.1) is 0 Å². The molecule has 0 spiro atoms. The maximum Gasteiger partial charge on any atom is 0.413 e. The summed E-state index contributed by atoms with van der Waals surface area (Å²) in [5.74, 6) is -2.07. The standard InChI is InChI=1S/C39H34N4O8S2/c1-2-21-49-31(44)19-18-28(29-24-53-38(40-29)42-39(48)50-23-25-12-6-3-7-13-25)34(45)41-32-35(46)43-30(20-22-52-36(32)43)37(47)51-33(26-14-8-4-9-15-26)27-16-10-5-11-17-27/h2-18,20,24,32-33,36H,1,19,21-23H2,(H,41,45)(H,40,42,48)/b28-18+/t32-,36-/m1/s1. The van der Waals surface area contributed by atoms with Gasteiger partial charge in [0.25, 0.3) is 11.8 Å². The molecule has 0 saturated carbocycles. The molecule has 3 heterocycles. The number of β-lactam (4-membered cyclic amide) rings is 1. The molecule has 0 bridgehead atoms. The van der Waals surface area contributed by atoms with Crippen LogP contribution in [-0.4, -0.2) is 63.5 Å². The minimum absolute atomic E-state index is 0.00882. The Hall–Kier alpha value is -5.99. The van der Waals surface area contributed by atoms with Gasteiger partial charge in [0.2, 0.25) is 0 Å². The predicted octanol–water partition coefficient (Wildman–Crippen LogP) is 6.01. The molecule has 3 amide bonds. The minimum atomic E-state index is -0.983. The molecule has 1 fully saturated rings. The van der Waals surface area contributed by atoms with Crippen LogP contribution in [0.25, 0.3) is 5.57 Å². The van der Waals surface area contributed by atoms with Crippen molar-refractivity contribution in [3.63, 3.8) is 0 Å². The van der Waals surface area contributed by atoms with E-state index in [4.69, 9.17) is 14.2 Å². The second-order valence-electron chi connectivity index (χ2n) is 11.6. The normalized spacial score (nSPS) is 16.4. The molecule has 2 atom stereocenters. The van der Waals surface area contributed by atoms with Crippen molar-refractivity contribution in [1.29, 1.82) is 0 Å². The highest BCUT2D eigenvalue weighted by Gasteiger charge is 2.53. The third-order valence-corrected chi connectivity index (χ3v) is 9.99. The predicted molar refractivity (Wildman–Crippen MR) is 200 cm³/mol. The lowest BCUT2D eigenvalue weighted by Gasteiger charge is -2.48. The van der Waals surface area contributed by atoms with Crippen LogP contribution in [-0.2, 0) is 40.0 Å². The summed E-state index contributed by atoms with van der Waals surface area (Å²) < 4.78 is 16.3. The lowest BCUT2D eigenvalue weighted by molar-refractivity contribution is -0.154. The number of rotatable bonds is 14. The van der Waals surface area contributed by atoms with Gasteiger partial charge in [-0.2, -0.15) is 0 Å². The first-order valence-corrected chi connectivity index (χ1v) is 18.4. The summed E-state index contributed by atoms with van der Waals surface area (Å²) in [6.07, 6.45) is 2.68. The zero-order valence-corrected chi connectivity index (χ0v) is 29.8. The Balaban J connectivity index is 1.14. The number of esters is 2. The number of hydrogen-bond acceptors (Lipinski definition) is 11. The molecule has 1 aromatic heterocycles. The first kappa shape index (κ1) is 36.8. The fourth-order valence-electron chi connectivity index (χ4n) is 5.51. The molecular formula is C39H34N4O8S2. The van der Waals surface area contributed by atoms with Crippen LogP contribution in [0.1, 0.15) is 34.9 Å². The summed E-state index contributed by atoms with van der Waals surface area (Å²) in [6, 6.07) is 26.8. The van der Waals surface area contributed by atoms with Gasteiger partial charge in [0, 0.05) is 11.1 Å². The summed E-state index contributed by atoms with van der Waals surface area (Å²) in [5.41, 5.74) is 2.57. The molecule has 270 valence electrons. The fourth-order valence-corrected chi connectivity index (χ4v) is 7.40. The molecule has 0 radical (unpaired) electrons. The molecule has 1 saturated heterocycles. The van der Waals surface area contributed by atoms with Gasteiger partial charge in [-0.05, 0) is 22.8 Å². The average Bonchev–Trinajstić information content (AvgIpc) is 3.65. The van der Waals surface area contributed by atoms with E-state index in [1.165, 1.54) is 34.2 Å². The Bertz CT molecular complexity index is 2000. The molecule has 53 heavy (non-hydrogen) atoms. The van der Waals surface area contributed by atoms with E-state index in [2.05, 4.69) is 22.2 Å². The van der Waals surface area contributed by atoms with Crippen molar-refractivity contribution in [2.45, 2.75) is 30.5 Å². The second-order valence-corrected chi connectivity index (χ2v) is 13.6. The van der Waals surface area contributed by atoms with Gasteiger partial charge in [-0.1, -0.05) is 110 Å². The number of ether oxygens (including phenoxy) is 3. The van der Waals surface area contributed by atoms with E-state index in [-0.39, 0.29) is 41.7 Å². The van der Waals surface area contributed by atoms with Gasteiger partial charge >= 0.3 is 18.0 Å². The molecule has 14 heteroatoms. The number of carbonyl (C=O) groups is 5. The Labute approximate surface area is 313 Å². The molecule has 12 nitrogen and oxygen atoms in total. The van der Waals surface area contributed by atoms with Crippen molar-refractivity contribution in [3.8, 4) is 0 Å². The highest BCUT2D eigenvalue weighted by Crippen LogP contribution is 2.39. The van der Waals surface area contributed by atoms with Crippen molar-refractivity contribution in [3.05, 3.63) is 149 Å². The third kappa shape index (κ3) is 9.09. The van der Waals surface area contributed by atoms with Crippen LogP contribution >= 0.6 is 23.1 Å². The number of nitrogens with one attached hydrogen (secondary N) is 2. The first-order valence-electron chi connectivity index (χ1n) is 16.5. The first-order chi connectivity index (χ1) is 25.8. The smallest absolute Gasteiger partial charge is 0.413 e. The van der Waals surface area contributed by atoms with Crippen LogP contribution in [0.5, 0.6) is 0 Å². The summed E-state index contributed by atoms with van der Waals surface area (Å²) in [5, 5.41) is 6.40. The number of anilines is 1. The minimum Gasteiger partial charge on any atom is -0.461 e. The molecule has 2 aliphatic rings. The molecule has 3 aromatic carbocycles. The second kappa shape index (κ2) is 17.5. The van der Waals surface area contributed by atoms with Crippen LogP contribution in [0.15, 0.2) is 127 Å². The largest absolute Gasteiger partial charge is 0.461 e. The van der Waals surface area contributed by atoms with Crippen LogP contribution in [0.3, 0.4) is 0 Å². The number of carbonyl (C=O) groups excluding carboxylic acids is 5. The van der Waals surface area contributed by atoms with Crippen molar-refractivity contribution in [1.82, 2.24) is 15.2 Å². The number of thioether (sulfide) groups is 1. The quantitative estimate of drug-likeness (QED) is 0.0515. The third-order valence-electron chi connectivity index (χ3n) is 8.05. The maximum atomic E-state index is 13.8. The molecule has 4 aromatic rings. The number of thiazole rings is 1. The van der Waals surface area contributed by atoms with E-state index in [1.807, 2.05) is 91.0 Å². The fraction of sp³-hybridized carbons (Fsp3) is 0.179.